The molecule has 0 unspecified atom stereocenters. The van der Waals surface area contributed by atoms with Crippen LogP contribution in [0.1, 0.15) is 25.3 Å². The fourth-order valence-corrected chi connectivity index (χ4v) is 2.65. The zero-order valence-corrected chi connectivity index (χ0v) is 11.8. The second-order valence-electron chi connectivity index (χ2n) is 4.70. The van der Waals surface area contributed by atoms with E-state index >= 15 is 0 Å². The lowest BCUT2D eigenvalue weighted by atomic mass is 10.0. The number of nitrogens with one attached hydrogen (secondary N) is 2. The molecule has 0 radical (unpaired) electrons. The van der Waals surface area contributed by atoms with Gasteiger partial charge in [0, 0.05) is 11.3 Å². The lowest BCUT2D eigenvalue weighted by Gasteiger charge is -2.19. The zero-order valence-electron chi connectivity index (χ0n) is 11.0. The molecule has 0 saturated carbocycles. The number of nitrogens with zero attached hydrogens (tertiary/aromatic N) is 1. The maximum atomic E-state index is 12.0. The van der Waals surface area contributed by atoms with E-state index in [-0.39, 0.29) is 5.91 Å². The standard InChI is InChI=1S/C15H14ClN3O/c1-2-5-12-14(15(20)19-18-12)13-8-10(16)9-6-3-4-7-11(9)17-13/h3-4,6-8,17H,2,5H2,1H3,(H,19,20). The first-order valence-electron chi connectivity index (χ1n) is 6.56. The van der Waals surface area contributed by atoms with Crippen LogP contribution in [0.5, 0.6) is 0 Å². The Morgan fingerprint density at radius 3 is 2.90 bits per heavy atom. The average Bonchev–Trinajstić information content (AvgIpc) is 2.80. The Hall–Kier alpha value is -2.07. The molecule has 5 heteroatoms. The van der Waals surface area contributed by atoms with Crippen molar-refractivity contribution < 1.29 is 4.79 Å². The number of hydrogen-bond donors (Lipinski definition) is 2. The Morgan fingerprint density at radius 1 is 1.30 bits per heavy atom. The Bertz CT molecular complexity index is 673. The van der Waals surface area contributed by atoms with E-state index in [1.807, 2.05) is 24.3 Å². The first-order chi connectivity index (χ1) is 9.70. The molecule has 2 aliphatic rings. The summed E-state index contributed by atoms with van der Waals surface area (Å²) in [6.07, 6.45) is 3.47. The number of para-hydroxylation sites is 1. The highest BCUT2D eigenvalue weighted by atomic mass is 35.5. The molecule has 4 nitrogen and oxygen atoms in total. The number of fused-ring (bicyclic) bond motifs is 1. The number of anilines is 1. The van der Waals surface area contributed by atoms with Crippen LogP contribution in [0.4, 0.5) is 5.69 Å². The van der Waals surface area contributed by atoms with Gasteiger partial charge >= 0.3 is 0 Å². The van der Waals surface area contributed by atoms with Gasteiger partial charge < -0.3 is 5.32 Å². The van der Waals surface area contributed by atoms with Crippen LogP contribution >= 0.6 is 11.6 Å². The molecular weight excluding hydrogens is 274 g/mol. The Kier molecular flexibility index (Phi) is 3.32. The predicted molar refractivity (Wildman–Crippen MR) is 81.4 cm³/mol. The van der Waals surface area contributed by atoms with Crippen molar-refractivity contribution in [1.29, 1.82) is 0 Å². The molecule has 2 aliphatic heterocycles. The fourth-order valence-electron chi connectivity index (χ4n) is 2.38. The van der Waals surface area contributed by atoms with Crippen LogP contribution in [-0.4, -0.2) is 11.6 Å². The van der Waals surface area contributed by atoms with Crippen molar-refractivity contribution >= 4 is 33.9 Å². The minimum atomic E-state index is -0.184. The number of allylic oxidation sites excluding steroid dienone is 1. The second kappa shape index (κ2) is 5.13. The number of halogens is 1. The van der Waals surface area contributed by atoms with E-state index in [4.69, 9.17) is 11.6 Å². The van der Waals surface area contributed by atoms with Crippen molar-refractivity contribution in [2.24, 2.45) is 5.10 Å². The molecule has 1 aromatic rings. The fraction of sp³-hybridized carbons (Fsp3) is 0.200. The molecule has 2 heterocycles. The minimum Gasteiger partial charge on any atom is -0.354 e. The number of amides is 1. The van der Waals surface area contributed by atoms with Crippen LogP contribution < -0.4 is 10.7 Å². The minimum absolute atomic E-state index is 0.184. The third-order valence-corrected chi connectivity index (χ3v) is 3.60. The van der Waals surface area contributed by atoms with Crippen LogP contribution in [0.3, 0.4) is 0 Å². The van der Waals surface area contributed by atoms with Crippen molar-refractivity contribution in [2.75, 3.05) is 5.32 Å². The summed E-state index contributed by atoms with van der Waals surface area (Å²) in [7, 11) is 0. The Morgan fingerprint density at radius 2 is 2.10 bits per heavy atom. The summed E-state index contributed by atoms with van der Waals surface area (Å²) in [5.74, 6) is -0.184. The van der Waals surface area contributed by atoms with Gasteiger partial charge in [0.1, 0.15) is 0 Å². The van der Waals surface area contributed by atoms with Crippen molar-refractivity contribution in [3.8, 4) is 0 Å². The molecule has 2 N–H and O–H groups in total. The number of rotatable bonds is 2. The zero-order chi connectivity index (χ0) is 14.1. The molecule has 0 aliphatic carbocycles. The van der Waals surface area contributed by atoms with Crippen LogP contribution in [0.25, 0.3) is 5.03 Å². The molecule has 0 saturated heterocycles. The maximum absolute atomic E-state index is 12.0. The normalized spacial score (nSPS) is 20.8. The van der Waals surface area contributed by atoms with Gasteiger partial charge in [-0.15, -0.1) is 0 Å². The molecular formula is C15H14ClN3O. The van der Waals surface area contributed by atoms with Crippen molar-refractivity contribution in [1.82, 2.24) is 5.43 Å². The molecule has 1 aromatic carbocycles. The number of hydrogen-bond acceptors (Lipinski definition) is 3. The highest BCUT2D eigenvalue weighted by Gasteiger charge is 2.27. The van der Waals surface area contributed by atoms with Gasteiger partial charge in [0.25, 0.3) is 5.91 Å². The van der Waals surface area contributed by atoms with E-state index in [1.54, 1.807) is 6.08 Å². The molecule has 20 heavy (non-hydrogen) atoms. The highest BCUT2D eigenvalue weighted by molar-refractivity contribution is 6.50. The van der Waals surface area contributed by atoms with Crippen LogP contribution in [0.2, 0.25) is 0 Å². The molecule has 0 bridgehead atoms. The first-order valence-corrected chi connectivity index (χ1v) is 6.93. The number of carbonyl (C=O) groups is 1. The van der Waals surface area contributed by atoms with E-state index < -0.39 is 0 Å². The summed E-state index contributed by atoms with van der Waals surface area (Å²) in [5, 5.41) is 7.98. The predicted octanol–water partition coefficient (Wildman–Crippen LogP) is 3.23. The van der Waals surface area contributed by atoms with Gasteiger partial charge in [-0.2, -0.15) is 5.10 Å². The van der Waals surface area contributed by atoms with E-state index in [1.165, 1.54) is 0 Å². The van der Waals surface area contributed by atoms with Gasteiger partial charge in [0.2, 0.25) is 0 Å². The summed E-state index contributed by atoms with van der Waals surface area (Å²) < 4.78 is 0. The molecule has 0 fully saturated rings. The number of carbonyl (C=O) groups excluding carboxylic acids is 1. The van der Waals surface area contributed by atoms with Crippen molar-refractivity contribution in [3.63, 3.8) is 0 Å². The van der Waals surface area contributed by atoms with E-state index in [2.05, 4.69) is 22.8 Å². The van der Waals surface area contributed by atoms with Gasteiger partial charge in [-0.1, -0.05) is 43.1 Å². The lowest BCUT2D eigenvalue weighted by molar-refractivity contribution is -0.116. The number of benzene rings is 1. The van der Waals surface area contributed by atoms with Crippen LogP contribution in [0.15, 0.2) is 46.7 Å². The summed E-state index contributed by atoms with van der Waals surface area (Å²) in [5.41, 5.74) is 6.42. The van der Waals surface area contributed by atoms with Gasteiger partial charge in [-0.25, -0.2) is 5.43 Å². The molecule has 0 atom stereocenters. The molecule has 0 aromatic heterocycles. The summed E-state index contributed by atoms with van der Waals surface area (Å²) in [6, 6.07) is 7.74. The highest BCUT2D eigenvalue weighted by Crippen LogP contribution is 2.34. The quantitative estimate of drug-likeness (QED) is 0.821. The van der Waals surface area contributed by atoms with Crippen LogP contribution in [0, 0.1) is 0 Å². The van der Waals surface area contributed by atoms with E-state index in [0.717, 1.165) is 29.8 Å². The van der Waals surface area contributed by atoms with Gasteiger partial charge in [-0.05, 0) is 18.6 Å². The van der Waals surface area contributed by atoms with Gasteiger partial charge in [0.15, 0.2) is 0 Å². The monoisotopic (exact) mass is 287 g/mol. The third-order valence-electron chi connectivity index (χ3n) is 3.29. The first kappa shape index (κ1) is 12.9. The average molecular weight is 288 g/mol. The van der Waals surface area contributed by atoms with Gasteiger partial charge in [-0.3, -0.25) is 4.79 Å². The number of hydrazone groups is 1. The summed E-state index contributed by atoms with van der Waals surface area (Å²) in [6.45, 7) is 2.06. The SMILES string of the molecule is CCCC1=NNC(=O)C1=C1C=C(Cl)c2ccccc2N1. The Balaban J connectivity index is 2.08. The van der Waals surface area contributed by atoms with Crippen molar-refractivity contribution in [2.45, 2.75) is 19.8 Å². The molecule has 102 valence electrons. The van der Waals surface area contributed by atoms with E-state index in [0.29, 0.717) is 16.3 Å². The van der Waals surface area contributed by atoms with Crippen LogP contribution in [-0.2, 0) is 4.79 Å². The van der Waals surface area contributed by atoms with Crippen molar-refractivity contribution in [3.05, 3.63) is 47.2 Å². The maximum Gasteiger partial charge on any atom is 0.275 e. The summed E-state index contributed by atoms with van der Waals surface area (Å²) in [4.78, 5) is 12.0. The molecule has 0 spiro atoms. The third kappa shape index (κ3) is 2.12. The van der Waals surface area contributed by atoms with Gasteiger partial charge in [0.05, 0.1) is 22.0 Å². The summed E-state index contributed by atoms with van der Waals surface area (Å²) >= 11 is 6.31. The Labute approximate surface area is 122 Å². The second-order valence-corrected chi connectivity index (χ2v) is 5.11. The largest absolute Gasteiger partial charge is 0.354 e. The topological polar surface area (TPSA) is 53.5 Å². The molecule has 3 rings (SSSR count). The lowest BCUT2D eigenvalue weighted by Crippen LogP contribution is -2.19. The van der Waals surface area contributed by atoms with E-state index in [9.17, 15) is 4.79 Å². The molecule has 1 amide bonds. The smallest absolute Gasteiger partial charge is 0.275 e.